The number of methoxy groups -OCH3 is 3. The largest absolute Gasteiger partial charge is 0.494 e. The van der Waals surface area contributed by atoms with Crippen molar-refractivity contribution in [2.75, 3.05) is 21.3 Å². The predicted octanol–water partition coefficient (Wildman–Crippen LogP) is 0.336. The topological polar surface area (TPSA) is 115 Å². The van der Waals surface area contributed by atoms with E-state index in [0.717, 1.165) is 0 Å². The molecular formula is C15H18N4O5. The number of aromatic nitrogens is 3. The van der Waals surface area contributed by atoms with Crippen LogP contribution in [0.4, 0.5) is 0 Å². The number of hydrogen-bond acceptors (Lipinski definition) is 7. The molecule has 24 heavy (non-hydrogen) atoms. The zero-order valence-electron chi connectivity index (χ0n) is 13.5. The van der Waals surface area contributed by atoms with Crippen molar-refractivity contribution in [3.63, 3.8) is 0 Å². The number of nitrogens with one attached hydrogen (secondary N) is 2. The molecule has 0 aromatic carbocycles. The highest BCUT2D eigenvalue weighted by atomic mass is 16.5. The Labute approximate surface area is 138 Å². The van der Waals surface area contributed by atoms with Crippen molar-refractivity contribution in [2.24, 2.45) is 0 Å². The molecule has 0 bridgehead atoms. The van der Waals surface area contributed by atoms with Gasteiger partial charge in [0.1, 0.15) is 11.6 Å². The summed E-state index contributed by atoms with van der Waals surface area (Å²) in [6, 6.07) is -0.898. The molecule has 1 amide bonds. The number of ether oxygens (including phenoxy) is 3. The van der Waals surface area contributed by atoms with Crippen LogP contribution in [0.1, 0.15) is 16.1 Å². The molecular weight excluding hydrogens is 316 g/mol. The number of carbonyl (C=O) groups excluding carboxylic acids is 2. The van der Waals surface area contributed by atoms with Crippen LogP contribution in [0.3, 0.4) is 0 Å². The second kappa shape index (κ2) is 7.95. The Morgan fingerprint density at radius 1 is 1.12 bits per heavy atom. The van der Waals surface area contributed by atoms with E-state index >= 15 is 0 Å². The highest BCUT2D eigenvalue weighted by molar-refractivity contribution is 6.01. The van der Waals surface area contributed by atoms with Crippen molar-refractivity contribution >= 4 is 11.9 Å². The van der Waals surface area contributed by atoms with Gasteiger partial charge in [-0.1, -0.05) is 0 Å². The number of rotatable bonds is 7. The molecule has 0 unspecified atom stereocenters. The Hall–Kier alpha value is -3.10. The minimum atomic E-state index is -0.898. The first-order valence-corrected chi connectivity index (χ1v) is 7.02. The molecule has 0 spiro atoms. The maximum atomic E-state index is 12.6. The number of amides is 1. The molecule has 0 saturated heterocycles. The molecule has 2 aromatic heterocycles. The molecule has 2 heterocycles. The zero-order chi connectivity index (χ0) is 17.5. The van der Waals surface area contributed by atoms with Crippen LogP contribution in [0.25, 0.3) is 0 Å². The van der Waals surface area contributed by atoms with Gasteiger partial charge in [-0.05, 0) is 0 Å². The average molecular weight is 334 g/mol. The molecule has 0 radical (unpaired) electrons. The molecule has 1 atom stereocenters. The van der Waals surface area contributed by atoms with E-state index in [2.05, 4.69) is 20.3 Å². The van der Waals surface area contributed by atoms with E-state index in [0.29, 0.717) is 5.69 Å². The van der Waals surface area contributed by atoms with E-state index in [1.165, 1.54) is 40.1 Å². The Morgan fingerprint density at radius 2 is 1.79 bits per heavy atom. The van der Waals surface area contributed by atoms with Gasteiger partial charge in [0.25, 0.3) is 5.91 Å². The molecule has 2 N–H and O–H groups in total. The summed E-state index contributed by atoms with van der Waals surface area (Å²) in [6.45, 7) is 0. The number of H-pyrrole nitrogens is 1. The normalized spacial score (nSPS) is 11.5. The number of nitrogens with zero attached hydrogens (tertiary/aromatic N) is 2. The van der Waals surface area contributed by atoms with Crippen molar-refractivity contribution in [1.29, 1.82) is 0 Å². The number of aromatic amines is 1. The van der Waals surface area contributed by atoms with Crippen LogP contribution in [0, 0.1) is 0 Å². The predicted molar refractivity (Wildman–Crippen MR) is 82.9 cm³/mol. The molecule has 0 aliphatic rings. The van der Waals surface area contributed by atoms with E-state index in [4.69, 9.17) is 14.2 Å². The van der Waals surface area contributed by atoms with Crippen molar-refractivity contribution in [3.05, 3.63) is 36.2 Å². The molecule has 0 saturated carbocycles. The zero-order valence-corrected chi connectivity index (χ0v) is 13.5. The number of carbonyl (C=O) groups is 2. The molecule has 2 rings (SSSR count). The van der Waals surface area contributed by atoms with Gasteiger partial charge in [-0.15, -0.1) is 0 Å². The van der Waals surface area contributed by atoms with Crippen LogP contribution >= 0.6 is 0 Å². The van der Waals surface area contributed by atoms with Crippen LogP contribution in [0.2, 0.25) is 0 Å². The summed E-state index contributed by atoms with van der Waals surface area (Å²) in [6.07, 6.45) is 6.03. The summed E-state index contributed by atoms with van der Waals surface area (Å²) in [5.41, 5.74) is 0.827. The summed E-state index contributed by atoms with van der Waals surface area (Å²) in [5.74, 6) is -0.653. The lowest BCUT2D eigenvalue weighted by Crippen LogP contribution is -2.43. The van der Waals surface area contributed by atoms with Gasteiger partial charge in [0.05, 0.1) is 40.1 Å². The van der Waals surface area contributed by atoms with Gasteiger partial charge in [-0.2, -0.15) is 0 Å². The minimum absolute atomic E-state index is 0.147. The quantitative estimate of drug-likeness (QED) is 0.701. The molecule has 9 nitrogen and oxygen atoms in total. The maximum Gasteiger partial charge on any atom is 0.328 e. The first-order valence-electron chi connectivity index (χ1n) is 7.02. The Balaban J connectivity index is 2.26. The molecule has 0 aliphatic carbocycles. The fourth-order valence-electron chi connectivity index (χ4n) is 2.14. The number of esters is 1. The molecule has 0 fully saturated rings. The highest BCUT2D eigenvalue weighted by Crippen LogP contribution is 2.26. The molecule has 2 aromatic rings. The van der Waals surface area contributed by atoms with Gasteiger partial charge in [0.15, 0.2) is 11.5 Å². The lowest BCUT2D eigenvalue weighted by molar-refractivity contribution is -0.142. The molecule has 0 aliphatic heterocycles. The summed E-state index contributed by atoms with van der Waals surface area (Å²) in [4.78, 5) is 35.3. The van der Waals surface area contributed by atoms with Crippen molar-refractivity contribution in [2.45, 2.75) is 12.5 Å². The van der Waals surface area contributed by atoms with Gasteiger partial charge >= 0.3 is 5.97 Å². The van der Waals surface area contributed by atoms with E-state index in [9.17, 15) is 9.59 Å². The smallest absolute Gasteiger partial charge is 0.328 e. The van der Waals surface area contributed by atoms with E-state index in [-0.39, 0.29) is 23.5 Å². The summed E-state index contributed by atoms with van der Waals surface area (Å²) in [7, 11) is 4.08. The number of pyridine rings is 1. The van der Waals surface area contributed by atoms with E-state index in [1.807, 2.05) is 0 Å². The Bertz CT molecular complexity index is 680. The van der Waals surface area contributed by atoms with Crippen molar-refractivity contribution < 1.29 is 23.8 Å². The van der Waals surface area contributed by atoms with Gasteiger partial charge in [0.2, 0.25) is 0 Å². The first-order chi connectivity index (χ1) is 11.6. The summed E-state index contributed by atoms with van der Waals surface area (Å²) >= 11 is 0. The Kier molecular flexibility index (Phi) is 5.72. The van der Waals surface area contributed by atoms with E-state index < -0.39 is 17.9 Å². The molecule has 128 valence electrons. The SMILES string of the molecule is COC(=O)[C@@H](Cc1cnc[nH]1)NC(=O)c1c(OC)cncc1OC. The number of imidazole rings is 1. The van der Waals surface area contributed by atoms with Crippen LogP contribution < -0.4 is 14.8 Å². The maximum absolute atomic E-state index is 12.6. The highest BCUT2D eigenvalue weighted by Gasteiger charge is 2.26. The lowest BCUT2D eigenvalue weighted by Gasteiger charge is -2.18. The van der Waals surface area contributed by atoms with Crippen LogP contribution in [0.15, 0.2) is 24.9 Å². The summed E-state index contributed by atoms with van der Waals surface area (Å²) < 4.78 is 15.0. The average Bonchev–Trinajstić information content (AvgIpc) is 3.12. The third-order valence-electron chi connectivity index (χ3n) is 3.31. The fourth-order valence-corrected chi connectivity index (χ4v) is 2.14. The summed E-state index contributed by atoms with van der Waals surface area (Å²) in [5, 5.41) is 2.62. The van der Waals surface area contributed by atoms with Crippen LogP contribution in [-0.2, 0) is 16.0 Å². The lowest BCUT2D eigenvalue weighted by atomic mass is 10.1. The van der Waals surface area contributed by atoms with E-state index in [1.54, 1.807) is 6.20 Å². The monoisotopic (exact) mass is 334 g/mol. The minimum Gasteiger partial charge on any atom is -0.494 e. The van der Waals surface area contributed by atoms with Crippen LogP contribution in [-0.4, -0.2) is 54.2 Å². The Morgan fingerprint density at radius 3 is 2.29 bits per heavy atom. The number of hydrogen-bond donors (Lipinski definition) is 2. The van der Waals surface area contributed by atoms with Gasteiger partial charge in [-0.3, -0.25) is 9.78 Å². The van der Waals surface area contributed by atoms with Crippen molar-refractivity contribution in [3.8, 4) is 11.5 Å². The van der Waals surface area contributed by atoms with Gasteiger partial charge in [-0.25, -0.2) is 9.78 Å². The third-order valence-corrected chi connectivity index (χ3v) is 3.31. The van der Waals surface area contributed by atoms with Gasteiger partial charge in [0, 0.05) is 18.3 Å². The van der Waals surface area contributed by atoms with Crippen molar-refractivity contribution in [1.82, 2.24) is 20.3 Å². The first kappa shape index (κ1) is 17.3. The standard InChI is InChI=1S/C15H18N4O5/c1-22-11-6-16-7-12(23-2)13(11)14(20)19-10(15(21)24-3)4-9-5-17-8-18-9/h5-8,10H,4H2,1-3H3,(H,17,18)(H,19,20)/t10-/m1/s1. The third kappa shape index (κ3) is 3.80. The van der Waals surface area contributed by atoms with Crippen LogP contribution in [0.5, 0.6) is 11.5 Å². The van der Waals surface area contributed by atoms with Gasteiger partial charge < -0.3 is 24.5 Å². The fraction of sp³-hybridized carbons (Fsp3) is 0.333. The molecule has 9 heteroatoms. The second-order valence-electron chi connectivity index (χ2n) is 4.75. The second-order valence-corrected chi connectivity index (χ2v) is 4.75.